The number of hydrogen-bond acceptors (Lipinski definition) is 5. The quantitative estimate of drug-likeness (QED) is 0.508. The molecule has 136 valence electrons. The van der Waals surface area contributed by atoms with E-state index in [1.807, 2.05) is 34.9 Å². The third-order valence-corrected chi connectivity index (χ3v) is 5.65. The molecule has 1 aromatic carbocycles. The van der Waals surface area contributed by atoms with Crippen molar-refractivity contribution in [3.63, 3.8) is 0 Å². The molecule has 3 heterocycles. The Morgan fingerprint density at radius 2 is 2.15 bits per heavy atom. The van der Waals surface area contributed by atoms with E-state index in [1.54, 1.807) is 12.4 Å². The third kappa shape index (κ3) is 3.29. The zero-order chi connectivity index (χ0) is 18.4. The Morgan fingerprint density at radius 1 is 1.22 bits per heavy atom. The topological polar surface area (TPSA) is 81.9 Å². The second-order valence-corrected chi connectivity index (χ2v) is 8.12. The highest BCUT2D eigenvalue weighted by atomic mass is 127. The molecule has 8 heteroatoms. The number of pyridine rings is 1. The fourth-order valence-electron chi connectivity index (χ4n) is 3.39. The Kier molecular flexibility index (Phi) is 4.07. The van der Waals surface area contributed by atoms with Crippen LogP contribution in [0.1, 0.15) is 16.8 Å². The number of carbonyl (C=O) groups is 1. The molecule has 0 spiro atoms. The Balaban J connectivity index is 1.58. The van der Waals surface area contributed by atoms with Crippen LogP contribution in [0, 0.1) is 15.4 Å². The number of anilines is 1. The molecule has 0 radical (unpaired) electrons. The predicted molar refractivity (Wildman–Crippen MR) is 107 cm³/mol. The van der Waals surface area contributed by atoms with E-state index in [-0.39, 0.29) is 5.91 Å². The van der Waals surface area contributed by atoms with Crippen molar-refractivity contribution in [1.29, 1.82) is 0 Å². The molecule has 2 aromatic heterocycles. The maximum Gasteiger partial charge on any atom is 0.260 e. The minimum atomic E-state index is -0.237. The van der Waals surface area contributed by atoms with Gasteiger partial charge in [-0.15, -0.1) is 10.2 Å². The van der Waals surface area contributed by atoms with Gasteiger partial charge in [0.2, 0.25) is 0 Å². The SMILES string of the molecule is O=C1Nc2cccc(n2)-c2nncn2C[C@@H]2CC2COc2ccc(I)cc21. The lowest BCUT2D eigenvalue weighted by molar-refractivity contribution is 0.102. The maximum atomic E-state index is 12.9. The number of carbonyl (C=O) groups excluding carboxylic acids is 1. The molecule has 1 aliphatic heterocycles. The van der Waals surface area contributed by atoms with Crippen LogP contribution in [-0.2, 0) is 6.54 Å². The first kappa shape index (κ1) is 16.7. The number of benzene rings is 1. The van der Waals surface area contributed by atoms with E-state index in [2.05, 4.69) is 43.1 Å². The largest absolute Gasteiger partial charge is 0.492 e. The van der Waals surface area contributed by atoms with Gasteiger partial charge < -0.3 is 14.6 Å². The fraction of sp³-hybridized carbons (Fsp3) is 0.263. The minimum Gasteiger partial charge on any atom is -0.492 e. The van der Waals surface area contributed by atoms with Crippen LogP contribution in [0.5, 0.6) is 5.75 Å². The van der Waals surface area contributed by atoms with Crippen molar-refractivity contribution in [2.45, 2.75) is 13.0 Å². The molecule has 3 aromatic rings. The normalized spacial score (nSPS) is 21.0. The van der Waals surface area contributed by atoms with E-state index < -0.39 is 0 Å². The number of ether oxygens (including phenoxy) is 1. The van der Waals surface area contributed by atoms with Crippen molar-refractivity contribution in [3.8, 4) is 17.3 Å². The van der Waals surface area contributed by atoms with Crippen LogP contribution < -0.4 is 10.1 Å². The van der Waals surface area contributed by atoms with E-state index in [0.29, 0.717) is 47.1 Å². The molecule has 5 rings (SSSR count). The van der Waals surface area contributed by atoms with E-state index >= 15 is 0 Å². The number of rotatable bonds is 0. The number of hydrogen-bond donors (Lipinski definition) is 1. The van der Waals surface area contributed by atoms with Crippen LogP contribution in [0.25, 0.3) is 11.5 Å². The monoisotopic (exact) mass is 473 g/mol. The Morgan fingerprint density at radius 3 is 3.07 bits per heavy atom. The van der Waals surface area contributed by atoms with E-state index in [9.17, 15) is 4.79 Å². The third-order valence-electron chi connectivity index (χ3n) is 4.97. The number of nitrogens with one attached hydrogen (secondary N) is 1. The lowest BCUT2D eigenvalue weighted by Crippen LogP contribution is -2.16. The summed E-state index contributed by atoms with van der Waals surface area (Å²) < 4.78 is 9.02. The Hall–Kier alpha value is -2.49. The summed E-state index contributed by atoms with van der Waals surface area (Å²) in [5.74, 6) is 2.54. The molecule has 2 atom stereocenters. The fourth-order valence-corrected chi connectivity index (χ4v) is 3.88. The van der Waals surface area contributed by atoms with Crippen molar-refractivity contribution in [1.82, 2.24) is 19.7 Å². The highest BCUT2D eigenvalue weighted by Gasteiger charge is 2.38. The molecule has 1 unspecified atom stereocenters. The highest BCUT2D eigenvalue weighted by molar-refractivity contribution is 14.1. The molecule has 2 bridgehead atoms. The first-order valence-corrected chi connectivity index (χ1v) is 9.84. The first-order valence-electron chi connectivity index (χ1n) is 8.76. The van der Waals surface area contributed by atoms with Crippen molar-refractivity contribution in [2.75, 3.05) is 11.9 Å². The summed E-state index contributed by atoms with van der Waals surface area (Å²) in [5, 5.41) is 11.1. The van der Waals surface area contributed by atoms with Crippen molar-refractivity contribution >= 4 is 34.3 Å². The molecular weight excluding hydrogens is 457 g/mol. The van der Waals surface area contributed by atoms with Crippen molar-refractivity contribution in [3.05, 3.63) is 51.9 Å². The van der Waals surface area contributed by atoms with Gasteiger partial charge in [-0.2, -0.15) is 0 Å². The van der Waals surface area contributed by atoms with Gasteiger partial charge in [-0.25, -0.2) is 4.98 Å². The van der Waals surface area contributed by atoms with Crippen LogP contribution in [-0.4, -0.2) is 32.3 Å². The molecule has 1 fully saturated rings. The van der Waals surface area contributed by atoms with Crippen LogP contribution >= 0.6 is 22.6 Å². The number of fused-ring (bicyclic) bond motifs is 6. The molecule has 7 nitrogen and oxygen atoms in total. The van der Waals surface area contributed by atoms with Gasteiger partial charge in [0, 0.05) is 10.1 Å². The van der Waals surface area contributed by atoms with E-state index in [1.165, 1.54) is 0 Å². The molecule has 1 amide bonds. The molecule has 1 N–H and O–H groups in total. The second-order valence-electron chi connectivity index (χ2n) is 6.88. The van der Waals surface area contributed by atoms with Gasteiger partial charge in [0.25, 0.3) is 5.91 Å². The van der Waals surface area contributed by atoms with Crippen molar-refractivity contribution in [2.24, 2.45) is 11.8 Å². The van der Waals surface area contributed by atoms with Crippen LogP contribution in [0.15, 0.2) is 42.7 Å². The van der Waals surface area contributed by atoms with E-state index in [0.717, 1.165) is 16.5 Å². The molecular formula is C19H16IN5O2. The zero-order valence-corrected chi connectivity index (χ0v) is 16.5. The number of amides is 1. The Bertz CT molecular complexity index is 1030. The zero-order valence-electron chi connectivity index (χ0n) is 14.3. The summed E-state index contributed by atoms with van der Waals surface area (Å²) in [5.41, 5.74) is 1.21. The van der Waals surface area contributed by atoms with Gasteiger partial charge in [-0.3, -0.25) is 4.79 Å². The summed E-state index contributed by atoms with van der Waals surface area (Å²) in [4.78, 5) is 17.4. The van der Waals surface area contributed by atoms with Crippen molar-refractivity contribution < 1.29 is 9.53 Å². The summed E-state index contributed by atoms with van der Waals surface area (Å²) in [6.07, 6.45) is 2.83. The molecule has 1 saturated carbocycles. The van der Waals surface area contributed by atoms with Crippen LogP contribution in [0.3, 0.4) is 0 Å². The molecule has 2 aliphatic rings. The summed E-state index contributed by atoms with van der Waals surface area (Å²) in [6.45, 7) is 1.45. The summed E-state index contributed by atoms with van der Waals surface area (Å²) in [7, 11) is 0. The van der Waals surface area contributed by atoms with Gasteiger partial charge in [0.15, 0.2) is 5.82 Å². The average molecular weight is 473 g/mol. The maximum absolute atomic E-state index is 12.9. The number of halogens is 1. The summed E-state index contributed by atoms with van der Waals surface area (Å²) in [6, 6.07) is 11.1. The minimum absolute atomic E-state index is 0.237. The lowest BCUT2D eigenvalue weighted by Gasteiger charge is -2.14. The predicted octanol–water partition coefficient (Wildman–Crippen LogP) is 3.23. The van der Waals surface area contributed by atoms with Gasteiger partial charge >= 0.3 is 0 Å². The van der Waals surface area contributed by atoms with Gasteiger partial charge in [-0.05, 0) is 71.2 Å². The van der Waals surface area contributed by atoms with Crippen LogP contribution in [0.4, 0.5) is 5.82 Å². The van der Waals surface area contributed by atoms with Crippen LogP contribution in [0.2, 0.25) is 0 Å². The average Bonchev–Trinajstić information content (AvgIpc) is 3.23. The number of aromatic nitrogens is 4. The van der Waals surface area contributed by atoms with E-state index in [4.69, 9.17) is 4.74 Å². The van der Waals surface area contributed by atoms with Gasteiger partial charge in [0.05, 0.1) is 12.2 Å². The Labute approximate surface area is 169 Å². The van der Waals surface area contributed by atoms with Gasteiger partial charge in [0.1, 0.15) is 23.6 Å². The van der Waals surface area contributed by atoms with Gasteiger partial charge in [-0.1, -0.05) is 6.07 Å². The molecule has 0 saturated heterocycles. The first-order chi connectivity index (χ1) is 13.2. The number of nitrogens with zero attached hydrogens (tertiary/aromatic N) is 4. The molecule has 27 heavy (non-hydrogen) atoms. The lowest BCUT2D eigenvalue weighted by atomic mass is 10.2. The standard InChI is InChI=1S/C19H16IN5O2/c20-13-4-5-16-14(7-13)19(26)23-17-3-1-2-15(22-17)18-24-21-10-25(18)8-11-6-12(11)9-27-16/h1-5,7,10-12H,6,8-9H2,(H,22,23,26)/t11-,12?/m0/s1. The molecule has 1 aliphatic carbocycles. The second kappa shape index (κ2) is 6.59. The summed E-state index contributed by atoms with van der Waals surface area (Å²) >= 11 is 2.19. The smallest absolute Gasteiger partial charge is 0.260 e. The highest BCUT2D eigenvalue weighted by Crippen LogP contribution is 2.41.